The van der Waals surface area contributed by atoms with Crippen LogP contribution >= 0.6 is 11.8 Å². The van der Waals surface area contributed by atoms with Gasteiger partial charge in [0.2, 0.25) is 40.7 Å². The van der Waals surface area contributed by atoms with Crippen LogP contribution < -0.4 is 26.4 Å². The summed E-state index contributed by atoms with van der Waals surface area (Å²) < 4.78 is 72.4. The Labute approximate surface area is 208 Å². The fourth-order valence-electron chi connectivity index (χ4n) is 4.13. The fraction of sp³-hybridized carbons (Fsp3) is 0.591. The second-order valence-electron chi connectivity index (χ2n) is 8.59. The van der Waals surface area contributed by atoms with Crippen LogP contribution in [0.25, 0.3) is 0 Å². The summed E-state index contributed by atoms with van der Waals surface area (Å²) >= 11 is 1.74. The molecule has 0 unspecified atom stereocenters. The van der Waals surface area contributed by atoms with Gasteiger partial charge in [-0.25, -0.2) is 22.8 Å². The van der Waals surface area contributed by atoms with Crippen molar-refractivity contribution < 1.29 is 41.1 Å². The van der Waals surface area contributed by atoms with Gasteiger partial charge < -0.3 is 26.4 Å². The van der Waals surface area contributed by atoms with E-state index < -0.39 is 52.8 Å². The number of ether oxygens (including phenoxy) is 1. The number of amides is 3. The third-order valence-electron chi connectivity index (χ3n) is 6.02. The van der Waals surface area contributed by atoms with Gasteiger partial charge >= 0.3 is 12.0 Å². The molecule has 200 valence electrons. The van der Waals surface area contributed by atoms with Gasteiger partial charge in [-0.2, -0.15) is 20.5 Å². The summed E-state index contributed by atoms with van der Waals surface area (Å²) in [5.41, 5.74) is 5.43. The lowest BCUT2D eigenvalue weighted by atomic mass is 10.0. The van der Waals surface area contributed by atoms with E-state index in [2.05, 4.69) is 20.7 Å². The fourth-order valence-corrected chi connectivity index (χ4v) is 5.67. The van der Waals surface area contributed by atoms with Gasteiger partial charge in [-0.05, 0) is 38.6 Å². The number of carbonyl (C=O) groups excluding carboxylic acids is 3. The van der Waals surface area contributed by atoms with Crippen LogP contribution in [0.1, 0.15) is 44.9 Å². The molecule has 2 aliphatic heterocycles. The summed E-state index contributed by atoms with van der Waals surface area (Å²) in [5, 5.41) is 8.37. The van der Waals surface area contributed by atoms with Crippen molar-refractivity contribution in [3.05, 3.63) is 29.1 Å². The number of urea groups is 1. The Kier molecular flexibility index (Phi) is 9.77. The van der Waals surface area contributed by atoms with E-state index in [0.717, 1.165) is 12.2 Å². The summed E-state index contributed by atoms with van der Waals surface area (Å²) in [5.74, 6) is -14.3. The number of thioether (sulfide) groups is 1. The maximum absolute atomic E-state index is 13.9. The second-order valence-corrected chi connectivity index (χ2v) is 9.86. The highest BCUT2D eigenvalue weighted by atomic mass is 32.2. The zero-order valence-electron chi connectivity index (χ0n) is 19.2. The minimum absolute atomic E-state index is 0.00828. The number of unbranched alkanes of at least 4 members (excludes halogenated alkanes) is 2. The van der Waals surface area contributed by atoms with Crippen molar-refractivity contribution in [2.75, 3.05) is 12.3 Å². The minimum Gasteiger partial charge on any atom is -0.418 e. The van der Waals surface area contributed by atoms with Crippen LogP contribution in [0, 0.1) is 29.1 Å². The lowest BCUT2D eigenvalue weighted by Gasteiger charge is -2.19. The van der Waals surface area contributed by atoms with Crippen LogP contribution in [0.5, 0.6) is 5.75 Å². The molecule has 3 amide bonds. The molecule has 2 heterocycles. The lowest BCUT2D eigenvalue weighted by molar-refractivity contribution is -0.140. The Hall–Kier alpha value is -2.61. The average Bonchev–Trinajstić information content (AvgIpc) is 3.40. The quantitative estimate of drug-likeness (QED) is 0.0618. The van der Waals surface area contributed by atoms with E-state index in [4.69, 9.17) is 5.73 Å². The zero-order valence-corrected chi connectivity index (χ0v) is 20.0. The van der Waals surface area contributed by atoms with E-state index in [0.29, 0.717) is 25.7 Å². The predicted octanol–water partition coefficient (Wildman–Crippen LogP) is 2.63. The molecule has 0 radical (unpaired) electrons. The number of rotatable bonds is 12. The Morgan fingerprint density at radius 2 is 1.67 bits per heavy atom. The molecule has 0 spiro atoms. The molecule has 4 atom stereocenters. The minimum atomic E-state index is -2.38. The van der Waals surface area contributed by atoms with Gasteiger partial charge in [-0.3, -0.25) is 4.79 Å². The lowest BCUT2D eigenvalue weighted by Crippen LogP contribution is -2.43. The van der Waals surface area contributed by atoms with Gasteiger partial charge in [0.15, 0.2) is 0 Å². The number of halogens is 5. The van der Waals surface area contributed by atoms with Crippen LogP contribution in [0.2, 0.25) is 0 Å². The molecule has 0 aliphatic carbocycles. The molecule has 36 heavy (non-hydrogen) atoms. The highest BCUT2D eigenvalue weighted by Crippen LogP contribution is 2.33. The summed E-state index contributed by atoms with van der Waals surface area (Å²) in [6.07, 6.45) is 2.76. The number of nitrogens with two attached hydrogens (primary N) is 1. The van der Waals surface area contributed by atoms with E-state index in [-0.39, 0.29) is 42.8 Å². The molecule has 3 rings (SSSR count). The van der Waals surface area contributed by atoms with Crippen molar-refractivity contribution in [1.29, 1.82) is 0 Å². The molecule has 0 bridgehead atoms. The molecular formula is C22H27F5N4O4S. The predicted molar refractivity (Wildman–Crippen MR) is 121 cm³/mol. The summed E-state index contributed by atoms with van der Waals surface area (Å²) in [6.45, 7) is 0.282. The smallest absolute Gasteiger partial charge is 0.334 e. The van der Waals surface area contributed by atoms with E-state index in [1.54, 1.807) is 11.8 Å². The molecular weight excluding hydrogens is 511 g/mol. The number of esters is 1. The van der Waals surface area contributed by atoms with Gasteiger partial charge in [0.25, 0.3) is 0 Å². The van der Waals surface area contributed by atoms with E-state index in [1.807, 2.05) is 0 Å². The van der Waals surface area contributed by atoms with Crippen LogP contribution in [0.4, 0.5) is 26.7 Å². The molecule has 1 aromatic carbocycles. The van der Waals surface area contributed by atoms with E-state index in [1.165, 1.54) is 0 Å². The van der Waals surface area contributed by atoms with Crippen molar-refractivity contribution in [1.82, 2.24) is 16.0 Å². The van der Waals surface area contributed by atoms with E-state index >= 15 is 0 Å². The first kappa shape index (κ1) is 28.0. The second kappa shape index (κ2) is 12.6. The van der Waals surface area contributed by atoms with Crippen molar-refractivity contribution in [2.24, 2.45) is 5.73 Å². The monoisotopic (exact) mass is 538 g/mol. The summed E-state index contributed by atoms with van der Waals surface area (Å²) in [6, 6.07) is -1.42. The topological polar surface area (TPSA) is 123 Å². The van der Waals surface area contributed by atoms with Crippen molar-refractivity contribution >= 4 is 29.7 Å². The highest BCUT2D eigenvalue weighted by Gasteiger charge is 2.42. The Bertz CT molecular complexity index is 973. The molecule has 5 N–H and O–H groups in total. The third kappa shape index (κ3) is 6.58. The first-order valence-electron chi connectivity index (χ1n) is 11.5. The zero-order chi connectivity index (χ0) is 26.4. The van der Waals surface area contributed by atoms with Crippen molar-refractivity contribution in [2.45, 2.75) is 68.3 Å². The number of fused-ring (bicyclic) bond motifs is 1. The van der Waals surface area contributed by atoms with Gasteiger partial charge in [-0.15, -0.1) is 0 Å². The average molecular weight is 539 g/mol. The largest absolute Gasteiger partial charge is 0.418 e. The Morgan fingerprint density at radius 3 is 2.33 bits per heavy atom. The van der Waals surface area contributed by atoms with Crippen molar-refractivity contribution in [3.63, 3.8) is 0 Å². The maximum Gasteiger partial charge on any atom is 0.334 e. The van der Waals surface area contributed by atoms with Gasteiger partial charge in [0.1, 0.15) is 6.04 Å². The summed E-state index contributed by atoms with van der Waals surface area (Å²) in [7, 11) is 0. The molecule has 2 fully saturated rings. The Morgan fingerprint density at radius 1 is 1.00 bits per heavy atom. The maximum atomic E-state index is 13.9. The molecule has 0 saturated carbocycles. The number of hydrogen-bond donors (Lipinski definition) is 4. The van der Waals surface area contributed by atoms with Crippen LogP contribution in [-0.2, 0) is 9.59 Å². The SMILES string of the molecule is NCCCC[C@H](NC(=O)CCCC[C@@H]1SC[C@@H]2NC(=O)N[C@@H]21)C(=O)Oc1c(F)c(F)c(F)c(F)c1F. The first-order valence-corrected chi connectivity index (χ1v) is 12.6. The summed E-state index contributed by atoms with van der Waals surface area (Å²) in [4.78, 5) is 36.4. The Balaban J connectivity index is 1.53. The molecule has 8 nitrogen and oxygen atoms in total. The number of benzene rings is 1. The molecule has 2 aliphatic rings. The number of carbonyl (C=O) groups is 3. The van der Waals surface area contributed by atoms with Crippen molar-refractivity contribution in [3.8, 4) is 5.75 Å². The first-order chi connectivity index (χ1) is 17.1. The van der Waals surface area contributed by atoms with Gasteiger partial charge in [0, 0.05) is 17.4 Å². The molecule has 0 aromatic heterocycles. The molecule has 14 heteroatoms. The highest BCUT2D eigenvalue weighted by molar-refractivity contribution is 8.00. The molecule has 2 saturated heterocycles. The third-order valence-corrected chi connectivity index (χ3v) is 7.53. The van der Waals surface area contributed by atoms with Crippen LogP contribution in [0.15, 0.2) is 0 Å². The standard InChI is InChI=1S/C22H27F5N4O4S/c23-14-15(24)17(26)20(18(27)16(14)25)35-21(33)10(5-3-4-8-28)29-13(32)7-2-1-6-12-19-11(9-36-12)30-22(34)31-19/h10-12,19H,1-9,28H2,(H,29,32)(H2,30,31,34)/t10-,11-,12-,19-/m0/s1. The van der Waals surface area contributed by atoms with Gasteiger partial charge in [-0.1, -0.05) is 6.42 Å². The van der Waals surface area contributed by atoms with Crippen LogP contribution in [-0.4, -0.2) is 53.6 Å². The van der Waals surface area contributed by atoms with Crippen LogP contribution in [0.3, 0.4) is 0 Å². The number of hydrogen-bond acceptors (Lipinski definition) is 6. The van der Waals surface area contributed by atoms with Gasteiger partial charge in [0.05, 0.1) is 12.1 Å². The normalized spacial score (nSPS) is 21.5. The molecule has 1 aromatic rings. The number of nitrogens with one attached hydrogen (secondary N) is 3. The van der Waals surface area contributed by atoms with E-state index in [9.17, 15) is 36.3 Å².